The summed E-state index contributed by atoms with van der Waals surface area (Å²) < 4.78 is 4.88. The highest BCUT2D eigenvalue weighted by molar-refractivity contribution is 6.24. The molecule has 0 saturated carbocycles. The van der Waals surface area contributed by atoms with Crippen LogP contribution >= 0.6 is 0 Å². The Bertz CT molecular complexity index is 4680. The fraction of sp³-hybridized carbons (Fsp3) is 0. The molecule has 3 aromatic heterocycles. The lowest BCUT2D eigenvalue weighted by Crippen LogP contribution is -2.04. The molecule has 0 saturated heterocycles. The van der Waals surface area contributed by atoms with E-state index < -0.39 is 0 Å². The van der Waals surface area contributed by atoms with Gasteiger partial charge in [0.25, 0.3) is 0 Å². The van der Waals surface area contributed by atoms with Crippen molar-refractivity contribution in [2.75, 3.05) is 0 Å². The largest absolute Gasteiger partial charge is 0.309 e. The molecule has 0 aliphatic rings. The van der Waals surface area contributed by atoms with Crippen molar-refractivity contribution in [3.05, 3.63) is 249 Å². The average Bonchev–Trinajstić information content (AvgIpc) is 3.96. The lowest BCUT2D eigenvalue weighted by Gasteiger charge is -2.20. The Hall–Kier alpha value is -9.71. The third kappa shape index (κ3) is 6.17. The van der Waals surface area contributed by atoms with Gasteiger partial charge in [-0.05, 0) is 97.9 Å². The summed E-state index contributed by atoms with van der Waals surface area (Å²) in [7, 11) is 0. The molecular formula is C67H41N5. The molecule has 15 aromatic rings. The van der Waals surface area contributed by atoms with Crippen molar-refractivity contribution in [1.29, 1.82) is 0 Å². The van der Waals surface area contributed by atoms with Gasteiger partial charge in [-0.3, -0.25) is 0 Å². The smallest absolute Gasteiger partial charge is 0.166 e. The number of hydrogen-bond acceptors (Lipinski definition) is 3. The second kappa shape index (κ2) is 15.9. The van der Waals surface area contributed by atoms with Crippen molar-refractivity contribution >= 4 is 86.7 Å². The topological polar surface area (TPSA) is 48.5 Å². The number of nitrogens with zero attached hydrogens (tertiary/aromatic N) is 5. The Kier molecular flexibility index (Phi) is 8.89. The van der Waals surface area contributed by atoms with E-state index in [0.29, 0.717) is 17.5 Å². The standard InChI is InChI=1S/C67H41N5/c1-3-20-44(21-4-1)65-68-66(55-32-17-31-54-52-29-15-16-33-59(52)71(63(54)55)49-25-5-2-6-26-49)70-67(69-65)57-41-56(48-35-34-42-18-7-8-22-45(42)38-48)64(53-30-14-13-28-51(53)57)72-60-37-36-43-19-11-12-27-50(43)62(60)58-39-46-23-9-10-24-47(46)40-61(58)72/h1-41H. The first-order chi connectivity index (χ1) is 35.7. The van der Waals surface area contributed by atoms with Gasteiger partial charge in [0.05, 0.1) is 27.8 Å². The fourth-order valence-corrected chi connectivity index (χ4v) is 11.5. The van der Waals surface area contributed by atoms with Crippen LogP contribution < -0.4 is 0 Å². The maximum Gasteiger partial charge on any atom is 0.166 e. The molecule has 15 rings (SSSR count). The number of para-hydroxylation sites is 3. The zero-order valence-electron chi connectivity index (χ0n) is 38.9. The number of rotatable bonds is 6. The molecule has 3 heterocycles. The Labute approximate surface area is 414 Å². The zero-order valence-corrected chi connectivity index (χ0v) is 38.9. The summed E-state index contributed by atoms with van der Waals surface area (Å²) >= 11 is 0. The predicted molar refractivity (Wildman–Crippen MR) is 300 cm³/mol. The number of hydrogen-bond donors (Lipinski definition) is 0. The van der Waals surface area contributed by atoms with E-state index in [1.165, 1.54) is 48.5 Å². The summed E-state index contributed by atoms with van der Waals surface area (Å²) in [5.41, 5.74) is 11.6. The first kappa shape index (κ1) is 40.2. The first-order valence-corrected chi connectivity index (χ1v) is 24.5. The second-order valence-electron chi connectivity index (χ2n) is 18.7. The van der Waals surface area contributed by atoms with Crippen LogP contribution in [0.2, 0.25) is 0 Å². The van der Waals surface area contributed by atoms with E-state index in [2.05, 4.69) is 240 Å². The van der Waals surface area contributed by atoms with Gasteiger partial charge in [0.1, 0.15) is 0 Å². The van der Waals surface area contributed by atoms with Crippen molar-refractivity contribution in [2.45, 2.75) is 0 Å². The molecule has 0 radical (unpaired) electrons. The van der Waals surface area contributed by atoms with Gasteiger partial charge in [-0.2, -0.15) is 0 Å². The van der Waals surface area contributed by atoms with Crippen LogP contribution in [-0.2, 0) is 0 Å². The molecule has 72 heavy (non-hydrogen) atoms. The van der Waals surface area contributed by atoms with E-state index in [1.54, 1.807) is 0 Å². The van der Waals surface area contributed by atoms with Crippen molar-refractivity contribution in [3.63, 3.8) is 0 Å². The molecule has 0 spiro atoms. The quantitative estimate of drug-likeness (QED) is 0.167. The third-order valence-corrected chi connectivity index (χ3v) is 14.7. The van der Waals surface area contributed by atoms with Gasteiger partial charge in [-0.1, -0.05) is 194 Å². The molecule has 334 valence electrons. The van der Waals surface area contributed by atoms with Crippen LogP contribution in [0.15, 0.2) is 249 Å². The van der Waals surface area contributed by atoms with E-state index >= 15 is 0 Å². The lowest BCUT2D eigenvalue weighted by atomic mass is 9.92. The number of fused-ring (bicyclic) bond motifs is 11. The summed E-state index contributed by atoms with van der Waals surface area (Å²) in [5, 5.41) is 14.1. The number of benzene rings is 12. The molecule has 0 unspecified atom stereocenters. The summed E-state index contributed by atoms with van der Waals surface area (Å²) in [6.45, 7) is 0. The molecule has 5 nitrogen and oxygen atoms in total. The summed E-state index contributed by atoms with van der Waals surface area (Å²) in [4.78, 5) is 16.5. The normalized spacial score (nSPS) is 11.9. The lowest BCUT2D eigenvalue weighted by molar-refractivity contribution is 1.07. The van der Waals surface area contributed by atoms with Gasteiger partial charge in [0.2, 0.25) is 0 Å². The highest BCUT2D eigenvalue weighted by atomic mass is 15.1. The first-order valence-electron chi connectivity index (χ1n) is 24.5. The number of aromatic nitrogens is 5. The molecular weight excluding hydrogens is 875 g/mol. The van der Waals surface area contributed by atoms with Crippen LogP contribution in [0.25, 0.3) is 143 Å². The SMILES string of the molecule is c1ccc(-c2nc(-c3cc(-c4ccc5ccccc5c4)c(-n4c5cc6ccccc6cc5c5c6ccccc6ccc54)c4ccccc34)nc(-c3cccc4c5ccccc5n(-c5ccccc5)c34)n2)cc1. The van der Waals surface area contributed by atoms with E-state index in [1.807, 2.05) is 18.2 Å². The molecule has 0 aliphatic carbocycles. The van der Waals surface area contributed by atoms with Gasteiger partial charge >= 0.3 is 0 Å². The van der Waals surface area contributed by atoms with Crippen LogP contribution in [0.1, 0.15) is 0 Å². The van der Waals surface area contributed by atoms with Crippen LogP contribution in [-0.4, -0.2) is 24.1 Å². The molecule has 5 heteroatoms. The van der Waals surface area contributed by atoms with E-state index in [0.717, 1.165) is 77.4 Å². The van der Waals surface area contributed by atoms with Gasteiger partial charge < -0.3 is 9.13 Å². The minimum Gasteiger partial charge on any atom is -0.309 e. The van der Waals surface area contributed by atoms with Crippen molar-refractivity contribution in [2.24, 2.45) is 0 Å². The molecule has 0 N–H and O–H groups in total. The van der Waals surface area contributed by atoms with Crippen LogP contribution in [0.3, 0.4) is 0 Å². The molecule has 0 fully saturated rings. The Morgan fingerprint density at radius 1 is 0.264 bits per heavy atom. The van der Waals surface area contributed by atoms with Gasteiger partial charge in [-0.15, -0.1) is 0 Å². The van der Waals surface area contributed by atoms with Crippen molar-refractivity contribution in [1.82, 2.24) is 24.1 Å². The summed E-state index contributed by atoms with van der Waals surface area (Å²) in [6, 6.07) is 89.5. The molecule has 0 amide bonds. The molecule has 0 aliphatic heterocycles. The molecule has 12 aromatic carbocycles. The second-order valence-corrected chi connectivity index (χ2v) is 18.7. The van der Waals surface area contributed by atoms with E-state index in [-0.39, 0.29) is 0 Å². The zero-order chi connectivity index (χ0) is 47.3. The predicted octanol–water partition coefficient (Wildman–Crippen LogP) is 17.3. The highest BCUT2D eigenvalue weighted by Gasteiger charge is 2.25. The van der Waals surface area contributed by atoms with E-state index in [4.69, 9.17) is 15.0 Å². The average molecular weight is 916 g/mol. The van der Waals surface area contributed by atoms with Gasteiger partial charge in [0.15, 0.2) is 17.5 Å². The molecule has 0 bridgehead atoms. The maximum atomic E-state index is 5.61. The monoisotopic (exact) mass is 915 g/mol. The van der Waals surface area contributed by atoms with Gasteiger partial charge in [-0.25, -0.2) is 15.0 Å². The minimum atomic E-state index is 0.599. The van der Waals surface area contributed by atoms with E-state index in [9.17, 15) is 0 Å². The Morgan fingerprint density at radius 2 is 0.847 bits per heavy atom. The van der Waals surface area contributed by atoms with Crippen LogP contribution in [0.5, 0.6) is 0 Å². The van der Waals surface area contributed by atoms with Gasteiger partial charge in [0, 0.05) is 54.9 Å². The fourth-order valence-electron chi connectivity index (χ4n) is 11.5. The van der Waals surface area contributed by atoms with Crippen LogP contribution in [0, 0.1) is 0 Å². The summed E-state index contributed by atoms with van der Waals surface area (Å²) in [6.07, 6.45) is 0. The third-order valence-electron chi connectivity index (χ3n) is 14.7. The highest BCUT2D eigenvalue weighted by Crippen LogP contribution is 2.46. The van der Waals surface area contributed by atoms with Crippen molar-refractivity contribution in [3.8, 4) is 56.7 Å². The Morgan fingerprint density at radius 3 is 1.64 bits per heavy atom. The van der Waals surface area contributed by atoms with Crippen molar-refractivity contribution < 1.29 is 0 Å². The minimum absolute atomic E-state index is 0.599. The summed E-state index contributed by atoms with van der Waals surface area (Å²) in [5.74, 6) is 1.81. The maximum absolute atomic E-state index is 5.61. The van der Waals surface area contributed by atoms with Crippen LogP contribution in [0.4, 0.5) is 0 Å². The molecule has 0 atom stereocenters. The Balaban J connectivity index is 1.07.